The third kappa shape index (κ3) is 6.78. The molecule has 0 fully saturated rings. The summed E-state index contributed by atoms with van der Waals surface area (Å²) in [7, 11) is 0. The maximum Gasteiger partial charge on any atom is 0.237 e. The zero-order valence-corrected chi connectivity index (χ0v) is 9.78. The van der Waals surface area contributed by atoms with E-state index in [4.69, 9.17) is 0 Å². The van der Waals surface area contributed by atoms with Crippen molar-refractivity contribution in [2.75, 3.05) is 0 Å². The number of aliphatic imine (C=N–C) groups is 2. The van der Waals surface area contributed by atoms with Gasteiger partial charge < -0.3 is 0 Å². The summed E-state index contributed by atoms with van der Waals surface area (Å²) >= 11 is 0. The number of carbonyl (C=O) groups excluding carboxylic acids is 2. The maximum atomic E-state index is 10.1. The van der Waals surface area contributed by atoms with E-state index in [0.717, 1.165) is 6.42 Å². The van der Waals surface area contributed by atoms with E-state index in [0.29, 0.717) is 12.3 Å². The molecule has 4 heteroatoms. The van der Waals surface area contributed by atoms with Gasteiger partial charge in [0.15, 0.2) is 6.17 Å². The van der Waals surface area contributed by atoms with Gasteiger partial charge in [-0.1, -0.05) is 27.7 Å². The standard InChI is InChI=1S/C11H18N2O2/c1-9(2)5-11(3,4)6-10(12-7-14)13-8-15/h9-10H,5-6H2,1-4H3. The van der Waals surface area contributed by atoms with Crippen molar-refractivity contribution in [1.29, 1.82) is 0 Å². The molecule has 0 bridgehead atoms. The molecule has 0 N–H and O–H groups in total. The van der Waals surface area contributed by atoms with Gasteiger partial charge in [-0.25, -0.2) is 9.59 Å². The lowest BCUT2D eigenvalue weighted by atomic mass is 9.80. The Kier molecular flexibility index (Phi) is 5.76. The van der Waals surface area contributed by atoms with Gasteiger partial charge >= 0.3 is 0 Å². The third-order valence-electron chi connectivity index (χ3n) is 2.10. The first kappa shape index (κ1) is 13.8. The highest BCUT2D eigenvalue weighted by Gasteiger charge is 2.24. The minimum Gasteiger partial charge on any atom is -0.211 e. The van der Waals surface area contributed by atoms with Crippen LogP contribution in [0.3, 0.4) is 0 Å². The minimum atomic E-state index is -0.631. The zero-order valence-electron chi connectivity index (χ0n) is 9.78. The largest absolute Gasteiger partial charge is 0.237 e. The van der Waals surface area contributed by atoms with Crippen LogP contribution in [0.1, 0.15) is 40.5 Å². The molecule has 84 valence electrons. The van der Waals surface area contributed by atoms with Gasteiger partial charge in [0.2, 0.25) is 12.2 Å². The lowest BCUT2D eigenvalue weighted by Gasteiger charge is -2.27. The Morgan fingerprint density at radius 2 is 1.53 bits per heavy atom. The van der Waals surface area contributed by atoms with Crippen LogP contribution >= 0.6 is 0 Å². The van der Waals surface area contributed by atoms with Crippen LogP contribution in [0.5, 0.6) is 0 Å². The van der Waals surface area contributed by atoms with Gasteiger partial charge in [0.25, 0.3) is 0 Å². The molecule has 0 amide bonds. The number of isocyanates is 2. The molecule has 0 radical (unpaired) electrons. The topological polar surface area (TPSA) is 58.9 Å². The van der Waals surface area contributed by atoms with Gasteiger partial charge in [0.1, 0.15) is 0 Å². The molecule has 0 atom stereocenters. The van der Waals surface area contributed by atoms with Crippen molar-refractivity contribution in [1.82, 2.24) is 0 Å². The molecule has 4 nitrogen and oxygen atoms in total. The molecule has 0 aromatic heterocycles. The molecule has 0 spiro atoms. The fourth-order valence-electron chi connectivity index (χ4n) is 1.92. The van der Waals surface area contributed by atoms with Crippen LogP contribution in [-0.4, -0.2) is 18.3 Å². The zero-order chi connectivity index (χ0) is 11.9. The molecule has 0 aliphatic heterocycles. The first-order valence-corrected chi connectivity index (χ1v) is 5.05. The van der Waals surface area contributed by atoms with Gasteiger partial charge in [0, 0.05) is 0 Å². The van der Waals surface area contributed by atoms with Gasteiger partial charge in [0.05, 0.1) is 0 Å². The molecule has 0 rings (SSSR count). The summed E-state index contributed by atoms with van der Waals surface area (Å²) in [5, 5.41) is 0. The maximum absolute atomic E-state index is 10.1. The number of rotatable bonds is 6. The smallest absolute Gasteiger partial charge is 0.211 e. The van der Waals surface area contributed by atoms with Gasteiger partial charge in [-0.05, 0) is 24.2 Å². The van der Waals surface area contributed by atoms with Crippen LogP contribution in [0, 0.1) is 11.3 Å². The van der Waals surface area contributed by atoms with Crippen LogP contribution < -0.4 is 0 Å². The Bertz CT molecular complexity index is 267. The molecular weight excluding hydrogens is 192 g/mol. The SMILES string of the molecule is CC(C)CC(C)(C)CC(N=C=O)N=C=O. The highest BCUT2D eigenvalue weighted by molar-refractivity contribution is 5.36. The summed E-state index contributed by atoms with van der Waals surface area (Å²) in [6.07, 6.45) is 3.79. The van der Waals surface area contributed by atoms with E-state index in [1.54, 1.807) is 0 Å². The summed E-state index contributed by atoms with van der Waals surface area (Å²) in [4.78, 5) is 27.2. The fraction of sp³-hybridized carbons (Fsp3) is 0.818. The van der Waals surface area contributed by atoms with Crippen molar-refractivity contribution >= 4 is 12.2 Å². The summed E-state index contributed by atoms with van der Waals surface area (Å²) in [6, 6.07) is 0. The van der Waals surface area contributed by atoms with Crippen molar-refractivity contribution in [3.05, 3.63) is 0 Å². The highest BCUT2D eigenvalue weighted by atomic mass is 16.1. The number of hydrogen-bond donors (Lipinski definition) is 0. The lowest BCUT2D eigenvalue weighted by molar-refractivity contribution is 0.248. The fourth-order valence-corrected chi connectivity index (χ4v) is 1.92. The predicted octanol–water partition coefficient (Wildman–Crippen LogP) is 2.45. The van der Waals surface area contributed by atoms with Crippen LogP contribution in [0.4, 0.5) is 0 Å². The van der Waals surface area contributed by atoms with Crippen LogP contribution in [0.25, 0.3) is 0 Å². The van der Waals surface area contributed by atoms with Crippen molar-refractivity contribution in [3.8, 4) is 0 Å². The van der Waals surface area contributed by atoms with E-state index in [1.807, 2.05) is 0 Å². The second-order valence-electron chi connectivity index (χ2n) is 4.89. The average molecular weight is 210 g/mol. The van der Waals surface area contributed by atoms with Gasteiger partial charge in [-0.2, -0.15) is 9.98 Å². The molecule has 0 saturated heterocycles. The predicted molar refractivity (Wildman–Crippen MR) is 57.9 cm³/mol. The van der Waals surface area contributed by atoms with Crippen LogP contribution in [-0.2, 0) is 9.59 Å². The van der Waals surface area contributed by atoms with E-state index >= 15 is 0 Å². The molecule has 0 unspecified atom stereocenters. The minimum absolute atomic E-state index is 0.000463. The summed E-state index contributed by atoms with van der Waals surface area (Å²) in [5.74, 6) is 0.557. The van der Waals surface area contributed by atoms with E-state index < -0.39 is 6.17 Å². The number of nitrogens with zero attached hydrogens (tertiary/aromatic N) is 2. The Labute approximate surface area is 90.5 Å². The first-order chi connectivity index (χ1) is 6.91. The van der Waals surface area contributed by atoms with E-state index in [2.05, 4.69) is 37.7 Å². The molecular formula is C11H18N2O2. The molecule has 0 aromatic rings. The van der Waals surface area contributed by atoms with Gasteiger partial charge in [-0.3, -0.25) is 0 Å². The average Bonchev–Trinajstić information content (AvgIpc) is 2.01. The summed E-state index contributed by atoms with van der Waals surface area (Å²) in [5.41, 5.74) is -0.000463. The summed E-state index contributed by atoms with van der Waals surface area (Å²) in [6.45, 7) is 8.40. The number of hydrogen-bond acceptors (Lipinski definition) is 4. The van der Waals surface area contributed by atoms with Crippen molar-refractivity contribution in [2.45, 2.75) is 46.7 Å². The second-order valence-corrected chi connectivity index (χ2v) is 4.89. The van der Waals surface area contributed by atoms with E-state index in [1.165, 1.54) is 12.2 Å². The first-order valence-electron chi connectivity index (χ1n) is 5.05. The Hall–Kier alpha value is -1.24. The Morgan fingerprint density at radius 1 is 1.07 bits per heavy atom. The van der Waals surface area contributed by atoms with E-state index in [9.17, 15) is 9.59 Å². The Balaban J connectivity index is 4.50. The van der Waals surface area contributed by atoms with Crippen molar-refractivity contribution in [3.63, 3.8) is 0 Å². The normalized spacial score (nSPS) is 12.9. The highest BCUT2D eigenvalue weighted by Crippen LogP contribution is 2.31. The van der Waals surface area contributed by atoms with E-state index in [-0.39, 0.29) is 5.41 Å². The molecule has 0 heterocycles. The molecule has 0 aliphatic carbocycles. The van der Waals surface area contributed by atoms with Crippen LogP contribution in [0.15, 0.2) is 9.98 Å². The monoisotopic (exact) mass is 210 g/mol. The Morgan fingerprint density at radius 3 is 1.87 bits per heavy atom. The quantitative estimate of drug-likeness (QED) is 0.499. The molecule has 0 aromatic carbocycles. The third-order valence-corrected chi connectivity index (χ3v) is 2.10. The summed E-state index contributed by atoms with van der Waals surface area (Å²) < 4.78 is 0. The second kappa shape index (κ2) is 6.28. The van der Waals surface area contributed by atoms with Crippen LogP contribution in [0.2, 0.25) is 0 Å². The van der Waals surface area contributed by atoms with Crippen molar-refractivity contribution < 1.29 is 9.59 Å². The van der Waals surface area contributed by atoms with Gasteiger partial charge in [-0.15, -0.1) is 0 Å². The molecule has 0 aliphatic rings. The molecule has 0 saturated carbocycles. The lowest BCUT2D eigenvalue weighted by Crippen LogP contribution is -2.20. The molecule has 15 heavy (non-hydrogen) atoms. The van der Waals surface area contributed by atoms with Crippen molar-refractivity contribution in [2.24, 2.45) is 21.3 Å².